The summed E-state index contributed by atoms with van der Waals surface area (Å²) in [7, 11) is 0. The van der Waals surface area contributed by atoms with Gasteiger partial charge in [-0.05, 0) is 25.1 Å². The number of rotatable bonds is 2. The molecule has 5 heteroatoms. The summed E-state index contributed by atoms with van der Waals surface area (Å²) in [4.78, 5) is 15.3. The third kappa shape index (κ3) is 1.82. The van der Waals surface area contributed by atoms with E-state index in [-0.39, 0.29) is 11.9 Å². The van der Waals surface area contributed by atoms with Crippen molar-refractivity contribution >= 4 is 17.4 Å². The Morgan fingerprint density at radius 3 is 2.93 bits per heavy atom. The number of carbonyl (C=O) groups excluding carboxylic acids is 1. The van der Waals surface area contributed by atoms with Crippen molar-refractivity contribution in [2.24, 2.45) is 0 Å². The van der Waals surface area contributed by atoms with Gasteiger partial charge in [0.1, 0.15) is 5.82 Å². The van der Waals surface area contributed by atoms with E-state index in [4.69, 9.17) is 5.73 Å². The van der Waals surface area contributed by atoms with Crippen molar-refractivity contribution in [2.45, 2.75) is 12.5 Å². The number of hydrogen-bond donors (Lipinski definition) is 3. The number of nitrogens with two attached hydrogens (primary N) is 1. The molecule has 0 aliphatic carbocycles. The summed E-state index contributed by atoms with van der Waals surface area (Å²) in [6.45, 7) is 0.915. The molecule has 5 nitrogen and oxygen atoms in total. The van der Waals surface area contributed by atoms with Crippen LogP contribution >= 0.6 is 0 Å². The Balaban J connectivity index is 1.96. The van der Waals surface area contributed by atoms with Gasteiger partial charge in [-0.15, -0.1) is 0 Å². The van der Waals surface area contributed by atoms with Crippen LogP contribution in [0.15, 0.2) is 18.3 Å². The van der Waals surface area contributed by atoms with Crippen LogP contribution in [-0.4, -0.2) is 23.5 Å². The largest absolute Gasteiger partial charge is 0.384 e. The van der Waals surface area contributed by atoms with E-state index in [0.29, 0.717) is 11.5 Å². The zero-order valence-corrected chi connectivity index (χ0v) is 7.66. The number of nitrogens with one attached hydrogen (secondary N) is 2. The summed E-state index contributed by atoms with van der Waals surface area (Å²) in [5, 5.41) is 5.77. The summed E-state index contributed by atoms with van der Waals surface area (Å²) in [6, 6.07) is 3.34. The van der Waals surface area contributed by atoms with Crippen molar-refractivity contribution < 1.29 is 4.79 Å². The van der Waals surface area contributed by atoms with Crippen molar-refractivity contribution in [1.29, 1.82) is 0 Å². The number of carbonyl (C=O) groups is 1. The molecule has 14 heavy (non-hydrogen) atoms. The van der Waals surface area contributed by atoms with Gasteiger partial charge < -0.3 is 16.4 Å². The fourth-order valence-electron chi connectivity index (χ4n) is 1.22. The van der Waals surface area contributed by atoms with Gasteiger partial charge in [-0.1, -0.05) is 0 Å². The first-order valence-corrected chi connectivity index (χ1v) is 4.51. The summed E-state index contributed by atoms with van der Waals surface area (Å²) >= 11 is 0. The van der Waals surface area contributed by atoms with Crippen LogP contribution in [0.5, 0.6) is 0 Å². The maximum absolute atomic E-state index is 11.4. The highest BCUT2D eigenvalue weighted by Crippen LogP contribution is 2.09. The molecule has 0 saturated carbocycles. The smallest absolute Gasteiger partial charge is 0.241 e. The third-order valence-corrected chi connectivity index (χ3v) is 2.19. The number of aromatic nitrogens is 1. The Morgan fingerprint density at radius 2 is 2.43 bits per heavy atom. The van der Waals surface area contributed by atoms with Gasteiger partial charge in [0.2, 0.25) is 5.91 Å². The monoisotopic (exact) mass is 192 g/mol. The van der Waals surface area contributed by atoms with Crippen LogP contribution in [0.25, 0.3) is 0 Å². The van der Waals surface area contributed by atoms with Gasteiger partial charge in [-0.25, -0.2) is 4.98 Å². The van der Waals surface area contributed by atoms with Crippen molar-refractivity contribution in [1.82, 2.24) is 10.3 Å². The predicted octanol–water partition coefficient (Wildman–Crippen LogP) is -0.0358. The number of nitrogens with zero attached hydrogens (tertiary/aromatic N) is 1. The molecule has 1 fully saturated rings. The standard InChI is InChI=1S/C9H12N4O/c10-8-2-1-6(5-12-8)13-9(14)7-3-4-11-7/h1-2,5,7,11H,3-4H2,(H2,10,12)(H,13,14)/t7-/m1/s1. The minimum atomic E-state index is -0.0486. The van der Waals surface area contributed by atoms with Crippen LogP contribution in [0.3, 0.4) is 0 Å². The van der Waals surface area contributed by atoms with Crippen molar-refractivity contribution in [3.63, 3.8) is 0 Å². The first-order chi connectivity index (χ1) is 6.75. The molecule has 0 bridgehead atoms. The van der Waals surface area contributed by atoms with E-state index in [2.05, 4.69) is 15.6 Å². The van der Waals surface area contributed by atoms with Gasteiger partial charge in [0.05, 0.1) is 17.9 Å². The molecule has 1 saturated heterocycles. The lowest BCUT2D eigenvalue weighted by molar-refractivity contribution is -0.119. The van der Waals surface area contributed by atoms with Crippen molar-refractivity contribution in [3.05, 3.63) is 18.3 Å². The summed E-state index contributed by atoms with van der Waals surface area (Å²) in [5.41, 5.74) is 6.10. The quantitative estimate of drug-likeness (QED) is 0.614. The fraction of sp³-hybridized carbons (Fsp3) is 0.333. The first-order valence-electron chi connectivity index (χ1n) is 4.51. The molecular formula is C9H12N4O. The Hall–Kier alpha value is -1.62. The first kappa shape index (κ1) is 8.96. The molecule has 1 aromatic rings. The zero-order valence-electron chi connectivity index (χ0n) is 7.66. The minimum absolute atomic E-state index is 0.0113. The van der Waals surface area contributed by atoms with Crippen LogP contribution < -0.4 is 16.4 Å². The van der Waals surface area contributed by atoms with Crippen LogP contribution in [0.1, 0.15) is 6.42 Å². The summed E-state index contributed by atoms with van der Waals surface area (Å²) in [6.07, 6.45) is 2.44. The van der Waals surface area contributed by atoms with Gasteiger partial charge >= 0.3 is 0 Å². The summed E-state index contributed by atoms with van der Waals surface area (Å²) < 4.78 is 0. The van der Waals surface area contributed by atoms with E-state index in [1.54, 1.807) is 18.3 Å². The Labute approximate surface area is 81.7 Å². The van der Waals surface area contributed by atoms with Crippen molar-refractivity contribution in [2.75, 3.05) is 17.6 Å². The molecule has 1 amide bonds. The van der Waals surface area contributed by atoms with Gasteiger partial charge in [-0.2, -0.15) is 0 Å². The van der Waals surface area contributed by atoms with E-state index in [1.165, 1.54) is 0 Å². The molecule has 2 heterocycles. The second-order valence-corrected chi connectivity index (χ2v) is 3.26. The van der Waals surface area contributed by atoms with Gasteiger partial charge in [0.25, 0.3) is 0 Å². The number of hydrogen-bond acceptors (Lipinski definition) is 4. The molecule has 2 rings (SSSR count). The van der Waals surface area contributed by atoms with Crippen LogP contribution in [0.4, 0.5) is 11.5 Å². The molecule has 0 unspecified atom stereocenters. The van der Waals surface area contributed by atoms with Crippen molar-refractivity contribution in [3.8, 4) is 0 Å². The highest BCUT2D eigenvalue weighted by molar-refractivity contribution is 5.95. The van der Waals surface area contributed by atoms with Gasteiger partial charge in [0, 0.05) is 0 Å². The van der Waals surface area contributed by atoms with Crippen LogP contribution in [0.2, 0.25) is 0 Å². The molecule has 0 radical (unpaired) electrons. The second-order valence-electron chi connectivity index (χ2n) is 3.26. The molecule has 1 aliphatic rings. The molecule has 1 aliphatic heterocycles. The normalized spacial score (nSPS) is 19.9. The Kier molecular flexibility index (Phi) is 2.32. The van der Waals surface area contributed by atoms with E-state index in [1.807, 2.05) is 0 Å². The average Bonchev–Trinajstić information content (AvgIpc) is 2.06. The molecule has 4 N–H and O–H groups in total. The molecule has 1 aromatic heterocycles. The Morgan fingerprint density at radius 1 is 1.64 bits per heavy atom. The lowest BCUT2D eigenvalue weighted by atomic mass is 10.1. The number of nitrogen functional groups attached to an aromatic ring is 1. The molecule has 74 valence electrons. The topological polar surface area (TPSA) is 80.0 Å². The highest BCUT2D eigenvalue weighted by Gasteiger charge is 2.24. The van der Waals surface area contributed by atoms with E-state index < -0.39 is 0 Å². The second kappa shape index (κ2) is 3.63. The molecule has 0 spiro atoms. The minimum Gasteiger partial charge on any atom is -0.384 e. The summed E-state index contributed by atoms with van der Waals surface area (Å²) in [5.74, 6) is 0.438. The maximum Gasteiger partial charge on any atom is 0.241 e. The van der Waals surface area contributed by atoms with E-state index in [9.17, 15) is 4.79 Å². The van der Waals surface area contributed by atoms with E-state index >= 15 is 0 Å². The van der Waals surface area contributed by atoms with Gasteiger partial charge in [0.15, 0.2) is 0 Å². The molecule has 0 aromatic carbocycles. The average molecular weight is 192 g/mol. The van der Waals surface area contributed by atoms with Crippen LogP contribution in [-0.2, 0) is 4.79 Å². The maximum atomic E-state index is 11.4. The number of amides is 1. The SMILES string of the molecule is Nc1ccc(NC(=O)[C@H]2CCN2)cn1. The number of pyridine rings is 1. The zero-order chi connectivity index (χ0) is 9.97. The third-order valence-electron chi connectivity index (χ3n) is 2.19. The fourth-order valence-corrected chi connectivity index (χ4v) is 1.22. The highest BCUT2D eigenvalue weighted by atomic mass is 16.2. The lowest BCUT2D eigenvalue weighted by Crippen LogP contribution is -2.50. The van der Waals surface area contributed by atoms with Crippen LogP contribution in [0, 0.1) is 0 Å². The van der Waals surface area contributed by atoms with E-state index in [0.717, 1.165) is 13.0 Å². The molecular weight excluding hydrogens is 180 g/mol. The molecule has 1 atom stereocenters. The van der Waals surface area contributed by atoms with Gasteiger partial charge in [-0.3, -0.25) is 4.79 Å². The lowest BCUT2D eigenvalue weighted by Gasteiger charge is -2.26. The predicted molar refractivity (Wildman–Crippen MR) is 53.7 cm³/mol. The number of anilines is 2. The Bertz CT molecular complexity index is 331.